The normalized spacial score (nSPS) is 11.1. The van der Waals surface area contributed by atoms with Crippen molar-refractivity contribution in [2.24, 2.45) is 0 Å². The molecule has 0 saturated carbocycles. The third kappa shape index (κ3) is 4.08. The molecular weight excluding hydrogens is 264 g/mol. The van der Waals surface area contributed by atoms with Crippen LogP contribution in [0.5, 0.6) is 5.75 Å². The monoisotopic (exact) mass is 288 g/mol. The number of ether oxygens (including phenoxy) is 1. The molecule has 0 unspecified atom stereocenters. The zero-order valence-electron chi connectivity index (χ0n) is 13.5. The first-order valence-corrected chi connectivity index (χ1v) is 7.35. The Balaban J connectivity index is 2.12. The van der Waals surface area contributed by atoms with Crippen molar-refractivity contribution in [2.45, 2.75) is 53.8 Å². The van der Waals surface area contributed by atoms with Gasteiger partial charge in [-0.05, 0) is 26.8 Å². The standard InChI is InChI=1S/C17H24N2O2/c1-11(2)18-9-15-8-12(3)6-7-17(15)20-10-16-13(4)19-21-14(16)5/h6-8,11,18H,9-10H2,1-5H3. The van der Waals surface area contributed by atoms with Gasteiger partial charge in [-0.1, -0.05) is 36.7 Å². The number of hydrogen-bond donors (Lipinski definition) is 1. The number of nitrogens with zero attached hydrogens (tertiary/aromatic N) is 1. The minimum Gasteiger partial charge on any atom is -0.488 e. The summed E-state index contributed by atoms with van der Waals surface area (Å²) in [6, 6.07) is 6.71. The van der Waals surface area contributed by atoms with Crippen LogP contribution in [-0.2, 0) is 13.2 Å². The van der Waals surface area contributed by atoms with Crippen LogP contribution in [0, 0.1) is 20.8 Å². The van der Waals surface area contributed by atoms with Gasteiger partial charge in [0.05, 0.1) is 11.3 Å². The van der Waals surface area contributed by atoms with Gasteiger partial charge >= 0.3 is 0 Å². The van der Waals surface area contributed by atoms with E-state index in [4.69, 9.17) is 9.26 Å². The van der Waals surface area contributed by atoms with Crippen molar-refractivity contribution in [3.05, 3.63) is 46.3 Å². The summed E-state index contributed by atoms with van der Waals surface area (Å²) in [4.78, 5) is 0. The first kappa shape index (κ1) is 15.6. The Morgan fingerprint density at radius 3 is 2.62 bits per heavy atom. The van der Waals surface area contributed by atoms with Gasteiger partial charge in [0.1, 0.15) is 18.1 Å². The summed E-state index contributed by atoms with van der Waals surface area (Å²) in [7, 11) is 0. The zero-order chi connectivity index (χ0) is 15.4. The highest BCUT2D eigenvalue weighted by molar-refractivity contribution is 5.37. The summed E-state index contributed by atoms with van der Waals surface area (Å²) >= 11 is 0. The Morgan fingerprint density at radius 1 is 1.24 bits per heavy atom. The number of benzene rings is 1. The van der Waals surface area contributed by atoms with Crippen molar-refractivity contribution in [1.29, 1.82) is 0 Å². The first-order valence-electron chi connectivity index (χ1n) is 7.35. The zero-order valence-corrected chi connectivity index (χ0v) is 13.5. The van der Waals surface area contributed by atoms with Gasteiger partial charge in [-0.3, -0.25) is 0 Å². The molecular formula is C17H24N2O2. The van der Waals surface area contributed by atoms with Gasteiger partial charge in [0.15, 0.2) is 0 Å². The molecule has 0 atom stereocenters. The van der Waals surface area contributed by atoms with Gasteiger partial charge in [-0.15, -0.1) is 0 Å². The molecule has 2 rings (SSSR count). The number of aromatic nitrogens is 1. The summed E-state index contributed by atoms with van der Waals surface area (Å²) in [6.07, 6.45) is 0. The Bertz CT molecular complexity index is 583. The molecule has 0 spiro atoms. The molecule has 21 heavy (non-hydrogen) atoms. The van der Waals surface area contributed by atoms with E-state index in [1.165, 1.54) is 11.1 Å². The van der Waals surface area contributed by atoms with E-state index < -0.39 is 0 Å². The van der Waals surface area contributed by atoms with Gasteiger partial charge in [0.25, 0.3) is 0 Å². The lowest BCUT2D eigenvalue weighted by molar-refractivity contribution is 0.297. The van der Waals surface area contributed by atoms with E-state index in [9.17, 15) is 0 Å². The van der Waals surface area contributed by atoms with Crippen LogP contribution in [0.25, 0.3) is 0 Å². The van der Waals surface area contributed by atoms with E-state index in [0.29, 0.717) is 12.6 Å². The number of aryl methyl sites for hydroxylation is 3. The second-order valence-electron chi connectivity index (χ2n) is 5.74. The number of rotatable bonds is 6. The predicted molar refractivity (Wildman–Crippen MR) is 83.5 cm³/mol. The van der Waals surface area contributed by atoms with Crippen LogP contribution < -0.4 is 10.1 Å². The van der Waals surface area contributed by atoms with Crippen LogP contribution in [0.1, 0.15) is 42.0 Å². The Labute approximate surface area is 126 Å². The van der Waals surface area contributed by atoms with Crippen LogP contribution in [0.4, 0.5) is 0 Å². The van der Waals surface area contributed by atoms with E-state index in [0.717, 1.165) is 29.3 Å². The topological polar surface area (TPSA) is 47.3 Å². The van der Waals surface area contributed by atoms with Crippen molar-refractivity contribution in [3.8, 4) is 5.75 Å². The molecule has 114 valence electrons. The fourth-order valence-electron chi connectivity index (χ4n) is 2.16. The summed E-state index contributed by atoms with van der Waals surface area (Å²) in [6.45, 7) is 11.5. The Kier molecular flexibility index (Phi) is 5.02. The smallest absolute Gasteiger partial charge is 0.140 e. The lowest BCUT2D eigenvalue weighted by Crippen LogP contribution is -2.22. The molecule has 4 nitrogen and oxygen atoms in total. The Hall–Kier alpha value is -1.81. The van der Waals surface area contributed by atoms with E-state index in [2.05, 4.69) is 43.4 Å². The molecule has 0 saturated heterocycles. The maximum absolute atomic E-state index is 5.99. The van der Waals surface area contributed by atoms with E-state index in [1.54, 1.807) is 0 Å². The first-order chi connectivity index (χ1) is 9.97. The molecule has 0 radical (unpaired) electrons. The van der Waals surface area contributed by atoms with Crippen molar-refractivity contribution >= 4 is 0 Å². The third-order valence-electron chi connectivity index (χ3n) is 3.47. The highest BCUT2D eigenvalue weighted by atomic mass is 16.5. The van der Waals surface area contributed by atoms with Gasteiger partial charge < -0.3 is 14.6 Å². The lowest BCUT2D eigenvalue weighted by atomic mass is 10.1. The second-order valence-corrected chi connectivity index (χ2v) is 5.74. The van der Waals surface area contributed by atoms with E-state index in [-0.39, 0.29) is 0 Å². The van der Waals surface area contributed by atoms with Crippen LogP contribution >= 0.6 is 0 Å². The van der Waals surface area contributed by atoms with Crippen molar-refractivity contribution in [1.82, 2.24) is 10.5 Å². The molecule has 2 aromatic rings. The van der Waals surface area contributed by atoms with Gasteiger partial charge in [0.2, 0.25) is 0 Å². The summed E-state index contributed by atoms with van der Waals surface area (Å²) in [5.74, 6) is 1.73. The molecule has 0 amide bonds. The molecule has 1 N–H and O–H groups in total. The fraction of sp³-hybridized carbons (Fsp3) is 0.471. The SMILES string of the molecule is Cc1ccc(OCc2c(C)noc2C)c(CNC(C)C)c1. The minimum atomic E-state index is 0.445. The molecule has 0 aliphatic heterocycles. The quantitative estimate of drug-likeness (QED) is 0.881. The largest absolute Gasteiger partial charge is 0.488 e. The fourth-order valence-corrected chi connectivity index (χ4v) is 2.16. The van der Waals surface area contributed by atoms with Crippen molar-refractivity contribution in [3.63, 3.8) is 0 Å². The molecule has 1 aromatic carbocycles. The molecule has 4 heteroatoms. The van der Waals surface area contributed by atoms with Crippen LogP contribution in [0.3, 0.4) is 0 Å². The van der Waals surface area contributed by atoms with Crippen molar-refractivity contribution < 1.29 is 9.26 Å². The van der Waals surface area contributed by atoms with Gasteiger partial charge in [0, 0.05) is 18.2 Å². The summed E-state index contributed by atoms with van der Waals surface area (Å²) in [5.41, 5.74) is 4.33. The van der Waals surface area contributed by atoms with Crippen molar-refractivity contribution in [2.75, 3.05) is 0 Å². The predicted octanol–water partition coefficient (Wildman–Crippen LogP) is 3.68. The molecule has 1 heterocycles. The lowest BCUT2D eigenvalue weighted by Gasteiger charge is -2.14. The van der Waals surface area contributed by atoms with E-state index in [1.807, 2.05) is 19.9 Å². The maximum Gasteiger partial charge on any atom is 0.140 e. The molecule has 0 fully saturated rings. The minimum absolute atomic E-state index is 0.445. The average Bonchev–Trinajstić information content (AvgIpc) is 2.75. The number of hydrogen-bond acceptors (Lipinski definition) is 4. The molecule has 1 aromatic heterocycles. The Morgan fingerprint density at radius 2 is 2.00 bits per heavy atom. The van der Waals surface area contributed by atoms with Crippen LogP contribution in [0.2, 0.25) is 0 Å². The van der Waals surface area contributed by atoms with Crippen LogP contribution in [-0.4, -0.2) is 11.2 Å². The molecule has 0 aliphatic carbocycles. The van der Waals surface area contributed by atoms with Gasteiger partial charge in [-0.25, -0.2) is 0 Å². The average molecular weight is 288 g/mol. The highest BCUT2D eigenvalue weighted by Gasteiger charge is 2.11. The molecule has 0 aliphatic rings. The molecule has 0 bridgehead atoms. The highest BCUT2D eigenvalue weighted by Crippen LogP contribution is 2.23. The second kappa shape index (κ2) is 6.76. The van der Waals surface area contributed by atoms with Crippen LogP contribution in [0.15, 0.2) is 22.7 Å². The third-order valence-corrected chi connectivity index (χ3v) is 3.47. The van der Waals surface area contributed by atoms with Gasteiger partial charge in [-0.2, -0.15) is 0 Å². The summed E-state index contributed by atoms with van der Waals surface area (Å²) in [5, 5.41) is 7.39. The number of nitrogens with one attached hydrogen (secondary N) is 1. The van der Waals surface area contributed by atoms with E-state index >= 15 is 0 Å². The summed E-state index contributed by atoms with van der Waals surface area (Å²) < 4.78 is 11.2. The maximum atomic E-state index is 5.99.